The number of amides is 1. The number of non-ortho nitro benzene ring substituents is 1. The van der Waals surface area contributed by atoms with E-state index in [2.05, 4.69) is 16.1 Å². The molecule has 20 heavy (non-hydrogen) atoms. The number of carbonyl (C=O) groups is 1. The SMILES string of the molecule is CNC(=O)C(C)(C)CNc1cc(NN)cc([N+](=O)[O-])c1. The van der Waals surface area contributed by atoms with Crippen LogP contribution >= 0.6 is 0 Å². The summed E-state index contributed by atoms with van der Waals surface area (Å²) in [5, 5.41) is 16.4. The van der Waals surface area contributed by atoms with Crippen molar-refractivity contribution < 1.29 is 9.72 Å². The van der Waals surface area contributed by atoms with Crippen molar-refractivity contribution in [3.8, 4) is 0 Å². The second-order valence-corrected chi connectivity index (χ2v) is 4.99. The smallest absolute Gasteiger partial charge is 0.273 e. The molecule has 0 saturated heterocycles. The molecule has 0 heterocycles. The number of nitrogens with zero attached hydrogens (tertiary/aromatic N) is 1. The van der Waals surface area contributed by atoms with Crippen molar-refractivity contribution in [3.63, 3.8) is 0 Å². The second kappa shape index (κ2) is 6.20. The molecule has 0 aromatic heterocycles. The van der Waals surface area contributed by atoms with Gasteiger partial charge in [-0.3, -0.25) is 20.8 Å². The number of nitro groups is 1. The Bertz CT molecular complexity index is 516. The van der Waals surface area contributed by atoms with Gasteiger partial charge >= 0.3 is 0 Å². The second-order valence-electron chi connectivity index (χ2n) is 4.99. The molecule has 1 aromatic rings. The number of benzene rings is 1. The maximum Gasteiger partial charge on any atom is 0.273 e. The van der Waals surface area contributed by atoms with E-state index < -0.39 is 10.3 Å². The Morgan fingerprint density at radius 2 is 1.95 bits per heavy atom. The fourth-order valence-corrected chi connectivity index (χ4v) is 1.64. The van der Waals surface area contributed by atoms with Gasteiger partial charge in [-0.05, 0) is 19.9 Å². The monoisotopic (exact) mass is 281 g/mol. The Morgan fingerprint density at radius 1 is 1.35 bits per heavy atom. The largest absolute Gasteiger partial charge is 0.384 e. The number of nitrogens with two attached hydrogens (primary N) is 1. The molecule has 0 aliphatic carbocycles. The zero-order valence-corrected chi connectivity index (χ0v) is 11.7. The molecule has 0 saturated carbocycles. The summed E-state index contributed by atoms with van der Waals surface area (Å²) >= 11 is 0. The van der Waals surface area contributed by atoms with Gasteiger partial charge in [0.1, 0.15) is 0 Å². The van der Waals surface area contributed by atoms with Gasteiger partial charge in [0, 0.05) is 31.4 Å². The highest BCUT2D eigenvalue weighted by molar-refractivity contribution is 5.82. The molecule has 0 atom stereocenters. The molecular formula is C12H19N5O3. The predicted octanol–water partition coefficient (Wildman–Crippen LogP) is 1.06. The molecule has 0 spiro atoms. The molecule has 0 unspecified atom stereocenters. The molecule has 5 N–H and O–H groups in total. The van der Waals surface area contributed by atoms with Crippen LogP contribution in [-0.2, 0) is 4.79 Å². The lowest BCUT2D eigenvalue weighted by atomic mass is 9.92. The first kappa shape index (κ1) is 15.7. The van der Waals surface area contributed by atoms with Crippen LogP contribution < -0.4 is 21.9 Å². The molecule has 8 nitrogen and oxygen atoms in total. The summed E-state index contributed by atoms with van der Waals surface area (Å²) in [6, 6.07) is 4.35. The molecule has 1 rings (SSSR count). The van der Waals surface area contributed by atoms with Crippen molar-refractivity contribution in [2.75, 3.05) is 24.3 Å². The molecule has 0 radical (unpaired) electrons. The van der Waals surface area contributed by atoms with E-state index >= 15 is 0 Å². The number of nitrogens with one attached hydrogen (secondary N) is 3. The number of hydrazine groups is 1. The normalized spacial score (nSPS) is 10.8. The van der Waals surface area contributed by atoms with Gasteiger partial charge in [-0.1, -0.05) is 0 Å². The lowest BCUT2D eigenvalue weighted by molar-refractivity contribution is -0.384. The maximum absolute atomic E-state index is 11.7. The van der Waals surface area contributed by atoms with Crippen LogP contribution in [0.15, 0.2) is 18.2 Å². The zero-order chi connectivity index (χ0) is 15.3. The number of nitro benzene ring substituents is 1. The van der Waals surface area contributed by atoms with Crippen molar-refractivity contribution in [2.24, 2.45) is 11.3 Å². The minimum Gasteiger partial charge on any atom is -0.384 e. The standard InChI is InChI=1S/C12H19N5O3/c1-12(2,11(18)14-3)7-15-8-4-9(16-13)6-10(5-8)17(19)20/h4-6,15-16H,7,13H2,1-3H3,(H,14,18). The Hall–Kier alpha value is -2.35. The quantitative estimate of drug-likeness (QED) is 0.351. The molecule has 0 aliphatic rings. The highest BCUT2D eigenvalue weighted by atomic mass is 16.6. The van der Waals surface area contributed by atoms with Gasteiger partial charge in [0.05, 0.1) is 16.0 Å². The van der Waals surface area contributed by atoms with Crippen LogP contribution in [0.1, 0.15) is 13.8 Å². The van der Waals surface area contributed by atoms with Crippen molar-refractivity contribution in [1.82, 2.24) is 5.32 Å². The van der Waals surface area contributed by atoms with Gasteiger partial charge in [-0.15, -0.1) is 0 Å². The maximum atomic E-state index is 11.7. The number of nitrogen functional groups attached to an aromatic ring is 1. The number of anilines is 2. The van der Waals surface area contributed by atoms with Crippen LogP contribution in [0.2, 0.25) is 0 Å². The van der Waals surface area contributed by atoms with E-state index in [1.807, 2.05) is 0 Å². The molecule has 1 amide bonds. The molecule has 1 aromatic carbocycles. The Morgan fingerprint density at radius 3 is 2.45 bits per heavy atom. The van der Waals surface area contributed by atoms with Gasteiger partial charge in [0.2, 0.25) is 5.91 Å². The highest BCUT2D eigenvalue weighted by Crippen LogP contribution is 2.25. The summed E-state index contributed by atoms with van der Waals surface area (Å²) in [5.74, 6) is 5.16. The Labute approximate surface area is 116 Å². The third kappa shape index (κ3) is 3.82. The van der Waals surface area contributed by atoms with E-state index in [0.29, 0.717) is 17.9 Å². The van der Waals surface area contributed by atoms with Crippen molar-refractivity contribution >= 4 is 23.0 Å². The first-order valence-electron chi connectivity index (χ1n) is 6.02. The van der Waals surface area contributed by atoms with Crippen LogP contribution in [0.3, 0.4) is 0 Å². The van der Waals surface area contributed by atoms with E-state index in [9.17, 15) is 14.9 Å². The lowest BCUT2D eigenvalue weighted by Gasteiger charge is -2.23. The van der Waals surface area contributed by atoms with E-state index in [1.54, 1.807) is 27.0 Å². The number of hydrogen-bond acceptors (Lipinski definition) is 6. The van der Waals surface area contributed by atoms with Crippen molar-refractivity contribution in [3.05, 3.63) is 28.3 Å². The fraction of sp³-hybridized carbons (Fsp3) is 0.417. The number of rotatable bonds is 6. The molecule has 8 heteroatoms. The van der Waals surface area contributed by atoms with Crippen LogP contribution in [0.25, 0.3) is 0 Å². The molecular weight excluding hydrogens is 262 g/mol. The van der Waals surface area contributed by atoms with Gasteiger partial charge in [-0.25, -0.2) is 0 Å². The van der Waals surface area contributed by atoms with Gasteiger partial charge in [0.15, 0.2) is 0 Å². The fourth-order valence-electron chi connectivity index (χ4n) is 1.64. The summed E-state index contributed by atoms with van der Waals surface area (Å²) < 4.78 is 0. The number of hydrogen-bond donors (Lipinski definition) is 4. The molecule has 110 valence electrons. The number of carbonyl (C=O) groups excluding carboxylic acids is 1. The summed E-state index contributed by atoms with van der Waals surface area (Å²) in [6.07, 6.45) is 0. The Kier molecular flexibility index (Phi) is 4.87. The van der Waals surface area contributed by atoms with E-state index in [-0.39, 0.29) is 11.6 Å². The molecule has 0 bridgehead atoms. The van der Waals surface area contributed by atoms with E-state index in [0.717, 1.165) is 0 Å². The van der Waals surface area contributed by atoms with Crippen LogP contribution in [0.4, 0.5) is 17.1 Å². The van der Waals surface area contributed by atoms with E-state index in [4.69, 9.17) is 5.84 Å². The van der Waals surface area contributed by atoms with E-state index in [1.165, 1.54) is 12.1 Å². The minimum atomic E-state index is -0.643. The summed E-state index contributed by atoms with van der Waals surface area (Å²) in [5.41, 5.74) is 2.58. The summed E-state index contributed by atoms with van der Waals surface area (Å²) in [6.45, 7) is 3.88. The third-order valence-corrected chi connectivity index (χ3v) is 2.87. The summed E-state index contributed by atoms with van der Waals surface area (Å²) in [7, 11) is 1.56. The van der Waals surface area contributed by atoms with Gasteiger partial charge in [-0.2, -0.15) is 0 Å². The van der Waals surface area contributed by atoms with Crippen LogP contribution in [-0.4, -0.2) is 24.4 Å². The minimum absolute atomic E-state index is 0.0827. The van der Waals surface area contributed by atoms with Crippen molar-refractivity contribution in [2.45, 2.75) is 13.8 Å². The average Bonchev–Trinajstić information content (AvgIpc) is 2.43. The topological polar surface area (TPSA) is 122 Å². The third-order valence-electron chi connectivity index (χ3n) is 2.87. The average molecular weight is 281 g/mol. The van der Waals surface area contributed by atoms with Crippen LogP contribution in [0.5, 0.6) is 0 Å². The molecule has 0 fully saturated rings. The van der Waals surface area contributed by atoms with Gasteiger partial charge in [0.25, 0.3) is 5.69 Å². The summed E-state index contributed by atoms with van der Waals surface area (Å²) in [4.78, 5) is 22.0. The predicted molar refractivity (Wildman–Crippen MR) is 77.2 cm³/mol. The van der Waals surface area contributed by atoms with Gasteiger partial charge < -0.3 is 16.1 Å². The first-order valence-corrected chi connectivity index (χ1v) is 6.02. The highest BCUT2D eigenvalue weighted by Gasteiger charge is 2.26. The molecule has 0 aliphatic heterocycles. The first-order chi connectivity index (χ1) is 9.30. The van der Waals surface area contributed by atoms with Crippen LogP contribution in [0, 0.1) is 15.5 Å². The Balaban J connectivity index is 2.90. The zero-order valence-electron chi connectivity index (χ0n) is 11.7. The van der Waals surface area contributed by atoms with Crippen molar-refractivity contribution in [1.29, 1.82) is 0 Å². The lowest BCUT2D eigenvalue weighted by Crippen LogP contribution is -2.39.